The molecule has 0 unspecified atom stereocenters. The summed E-state index contributed by atoms with van der Waals surface area (Å²) in [4.78, 5) is 2.48. The fourth-order valence-corrected chi connectivity index (χ4v) is 5.65. The number of aromatic nitrogens is 3. The van der Waals surface area contributed by atoms with E-state index in [-0.39, 0.29) is 0 Å². The van der Waals surface area contributed by atoms with E-state index in [0.717, 1.165) is 5.69 Å². The molecule has 1 aliphatic rings. The number of sulfonamides is 1. The van der Waals surface area contributed by atoms with Crippen molar-refractivity contribution < 1.29 is 12.8 Å². The van der Waals surface area contributed by atoms with E-state index >= 15 is 0 Å². The van der Waals surface area contributed by atoms with Gasteiger partial charge in [0.15, 0.2) is 5.76 Å². The summed E-state index contributed by atoms with van der Waals surface area (Å²) < 4.78 is 37.2. The Morgan fingerprint density at radius 3 is 2.18 bits per heavy atom. The molecule has 1 saturated heterocycles. The first kappa shape index (κ1) is 21.8. The number of rotatable bonds is 6. The second-order valence-corrected chi connectivity index (χ2v) is 10.0. The predicted molar refractivity (Wildman–Crippen MR) is 127 cm³/mol. The molecular formula is C23H23N5O3S2. The number of benzene rings is 2. The van der Waals surface area contributed by atoms with Crippen LogP contribution in [0.5, 0.6) is 0 Å². The minimum Gasteiger partial charge on any atom is -0.461 e. The van der Waals surface area contributed by atoms with E-state index in [1.165, 1.54) is 4.31 Å². The molecule has 33 heavy (non-hydrogen) atoms. The first-order valence-corrected chi connectivity index (χ1v) is 12.5. The van der Waals surface area contributed by atoms with Crippen LogP contribution in [-0.2, 0) is 16.7 Å². The fraction of sp³-hybridized carbons (Fsp3) is 0.217. The highest BCUT2D eigenvalue weighted by Crippen LogP contribution is 2.24. The summed E-state index contributed by atoms with van der Waals surface area (Å²) in [7, 11) is -3.49. The SMILES string of the molecule is O=S(=O)(c1ccccc1)N1CCN(Cn2nc(-c3ccco3)n(-c3ccccc3)c2=S)CC1. The normalized spacial score (nSPS) is 15.6. The molecule has 2 aromatic carbocycles. The number of piperazine rings is 1. The zero-order valence-corrected chi connectivity index (χ0v) is 19.5. The maximum absolute atomic E-state index is 12.9. The third kappa shape index (κ3) is 4.30. The molecule has 4 aromatic rings. The van der Waals surface area contributed by atoms with Crippen LogP contribution in [0.25, 0.3) is 17.3 Å². The maximum atomic E-state index is 12.9. The van der Waals surface area contributed by atoms with Gasteiger partial charge in [0, 0.05) is 26.2 Å². The molecule has 0 spiro atoms. The highest BCUT2D eigenvalue weighted by molar-refractivity contribution is 7.89. The molecule has 0 aliphatic carbocycles. The van der Waals surface area contributed by atoms with E-state index in [4.69, 9.17) is 21.7 Å². The van der Waals surface area contributed by atoms with Gasteiger partial charge < -0.3 is 4.42 Å². The van der Waals surface area contributed by atoms with E-state index in [1.54, 1.807) is 35.2 Å². The summed E-state index contributed by atoms with van der Waals surface area (Å²) in [5.41, 5.74) is 0.902. The Morgan fingerprint density at radius 2 is 1.55 bits per heavy atom. The van der Waals surface area contributed by atoms with Gasteiger partial charge >= 0.3 is 0 Å². The fourth-order valence-electron chi connectivity index (χ4n) is 3.92. The lowest BCUT2D eigenvalue weighted by Crippen LogP contribution is -2.48. The third-order valence-corrected chi connectivity index (χ3v) is 7.95. The number of furan rings is 1. The Morgan fingerprint density at radius 1 is 0.879 bits per heavy atom. The molecule has 2 aromatic heterocycles. The molecule has 0 radical (unpaired) electrons. The van der Waals surface area contributed by atoms with Crippen LogP contribution < -0.4 is 0 Å². The van der Waals surface area contributed by atoms with Crippen LogP contribution in [-0.4, -0.2) is 58.1 Å². The third-order valence-electron chi connectivity index (χ3n) is 5.64. The molecule has 0 saturated carbocycles. The number of hydrogen-bond donors (Lipinski definition) is 0. The molecule has 1 aliphatic heterocycles. The van der Waals surface area contributed by atoms with Gasteiger partial charge in [-0.2, -0.15) is 4.31 Å². The molecule has 10 heteroatoms. The van der Waals surface area contributed by atoms with Crippen molar-refractivity contribution in [2.45, 2.75) is 11.6 Å². The molecule has 0 atom stereocenters. The molecule has 8 nitrogen and oxygen atoms in total. The topological polar surface area (TPSA) is 76.5 Å². The van der Waals surface area contributed by atoms with Crippen molar-refractivity contribution in [3.8, 4) is 17.3 Å². The molecule has 3 heterocycles. The van der Waals surface area contributed by atoms with Gasteiger partial charge in [0.1, 0.15) is 0 Å². The Labute approximate surface area is 197 Å². The molecule has 0 N–H and O–H groups in total. The van der Waals surface area contributed by atoms with Crippen LogP contribution in [0.1, 0.15) is 0 Å². The van der Waals surface area contributed by atoms with E-state index in [2.05, 4.69) is 4.90 Å². The number of hydrogen-bond acceptors (Lipinski definition) is 6. The highest BCUT2D eigenvalue weighted by Gasteiger charge is 2.29. The average Bonchev–Trinajstić information content (AvgIpc) is 3.49. The molecule has 170 valence electrons. The van der Waals surface area contributed by atoms with Crippen LogP contribution in [0.3, 0.4) is 0 Å². The van der Waals surface area contributed by atoms with Gasteiger partial charge in [-0.05, 0) is 48.6 Å². The van der Waals surface area contributed by atoms with E-state index < -0.39 is 10.0 Å². The van der Waals surface area contributed by atoms with Gasteiger partial charge in [-0.3, -0.25) is 9.47 Å². The molecule has 5 rings (SSSR count). The van der Waals surface area contributed by atoms with E-state index in [9.17, 15) is 8.42 Å². The van der Waals surface area contributed by atoms with Crippen molar-refractivity contribution in [3.63, 3.8) is 0 Å². The zero-order valence-electron chi connectivity index (χ0n) is 17.8. The van der Waals surface area contributed by atoms with Gasteiger partial charge in [0.25, 0.3) is 0 Å². The number of para-hydroxylation sites is 1. The monoisotopic (exact) mass is 481 g/mol. The first-order chi connectivity index (χ1) is 16.0. The van der Waals surface area contributed by atoms with Gasteiger partial charge in [0.05, 0.1) is 23.5 Å². The second-order valence-electron chi connectivity index (χ2n) is 7.73. The maximum Gasteiger partial charge on any atom is 0.243 e. The van der Waals surface area contributed by atoms with Crippen LogP contribution in [0.2, 0.25) is 0 Å². The Hall–Kier alpha value is -3.05. The zero-order chi connectivity index (χ0) is 22.8. The van der Waals surface area contributed by atoms with Crippen molar-refractivity contribution in [1.29, 1.82) is 0 Å². The minimum atomic E-state index is -3.49. The van der Waals surface area contributed by atoms with Gasteiger partial charge in [0.2, 0.25) is 20.6 Å². The van der Waals surface area contributed by atoms with Crippen molar-refractivity contribution >= 4 is 22.2 Å². The minimum absolute atomic E-state index is 0.324. The largest absolute Gasteiger partial charge is 0.461 e. The Kier molecular flexibility index (Phi) is 5.98. The van der Waals surface area contributed by atoms with Crippen molar-refractivity contribution in [3.05, 3.63) is 83.8 Å². The van der Waals surface area contributed by atoms with Gasteiger partial charge in [-0.1, -0.05) is 36.4 Å². The summed E-state index contributed by atoms with van der Waals surface area (Å²) in [5.74, 6) is 1.25. The van der Waals surface area contributed by atoms with Crippen molar-refractivity contribution in [1.82, 2.24) is 23.6 Å². The average molecular weight is 482 g/mol. The quantitative estimate of drug-likeness (QED) is 0.392. The van der Waals surface area contributed by atoms with Crippen LogP contribution in [0, 0.1) is 4.77 Å². The molecule has 0 bridgehead atoms. The van der Waals surface area contributed by atoms with Crippen LogP contribution in [0.4, 0.5) is 0 Å². The van der Waals surface area contributed by atoms with Crippen molar-refractivity contribution in [2.24, 2.45) is 0 Å². The second kappa shape index (κ2) is 9.06. The van der Waals surface area contributed by atoms with Gasteiger partial charge in [-0.15, -0.1) is 5.10 Å². The Bertz CT molecular complexity index is 1370. The lowest BCUT2D eigenvalue weighted by molar-refractivity contribution is 0.144. The Balaban J connectivity index is 1.36. The van der Waals surface area contributed by atoms with Crippen molar-refractivity contribution in [2.75, 3.05) is 26.2 Å². The summed E-state index contributed by atoms with van der Waals surface area (Å²) in [6.45, 7) is 2.46. The molecule has 1 fully saturated rings. The summed E-state index contributed by atoms with van der Waals surface area (Å²) in [6, 6.07) is 22.0. The number of nitrogens with zero attached hydrogens (tertiary/aromatic N) is 5. The standard InChI is InChI=1S/C23H23N5O3S2/c29-33(30,20-10-5-2-6-11-20)26-15-13-25(14-16-26)18-27-23(32)28(19-8-3-1-4-9-19)22(24-27)21-12-7-17-31-21/h1-12,17H,13-16,18H2. The summed E-state index contributed by atoms with van der Waals surface area (Å²) >= 11 is 5.77. The first-order valence-electron chi connectivity index (χ1n) is 10.6. The molecule has 0 amide bonds. The lowest BCUT2D eigenvalue weighted by atomic mass is 10.3. The van der Waals surface area contributed by atoms with E-state index in [0.29, 0.717) is 54.1 Å². The van der Waals surface area contributed by atoms with E-state index in [1.807, 2.05) is 53.1 Å². The smallest absolute Gasteiger partial charge is 0.243 e. The lowest BCUT2D eigenvalue weighted by Gasteiger charge is -2.33. The summed E-state index contributed by atoms with van der Waals surface area (Å²) in [5, 5.41) is 4.75. The van der Waals surface area contributed by atoms with Crippen LogP contribution in [0.15, 0.2) is 88.4 Å². The predicted octanol–water partition coefficient (Wildman–Crippen LogP) is 3.63. The molecular weight excluding hydrogens is 458 g/mol. The summed E-state index contributed by atoms with van der Waals surface area (Å²) in [6.07, 6.45) is 1.61. The van der Waals surface area contributed by atoms with Gasteiger partial charge in [-0.25, -0.2) is 13.1 Å². The van der Waals surface area contributed by atoms with Crippen LogP contribution >= 0.6 is 12.2 Å². The highest BCUT2D eigenvalue weighted by atomic mass is 32.2.